The first kappa shape index (κ1) is 16.9. The van der Waals surface area contributed by atoms with Gasteiger partial charge in [-0.15, -0.1) is 5.10 Å². The summed E-state index contributed by atoms with van der Waals surface area (Å²) in [6, 6.07) is 6.70. The first-order chi connectivity index (χ1) is 11.3. The van der Waals surface area contributed by atoms with Gasteiger partial charge in [-0.05, 0) is 62.2 Å². The summed E-state index contributed by atoms with van der Waals surface area (Å²) in [6.45, 7) is 15.7. The molecule has 3 rings (SSSR count). The maximum atomic E-state index is 4.23. The van der Waals surface area contributed by atoms with Crippen molar-refractivity contribution in [1.29, 1.82) is 0 Å². The van der Waals surface area contributed by atoms with Crippen molar-refractivity contribution in [2.75, 3.05) is 31.1 Å². The van der Waals surface area contributed by atoms with Gasteiger partial charge in [-0.1, -0.05) is 12.1 Å². The molecule has 0 amide bonds. The highest BCUT2D eigenvalue weighted by atomic mass is 15.6. The van der Waals surface area contributed by atoms with Gasteiger partial charge in [0.25, 0.3) is 0 Å². The second kappa shape index (κ2) is 6.51. The molecule has 0 atom stereocenters. The largest absolute Gasteiger partial charge is 0.369 e. The number of hydrogen-bond donors (Lipinski definition) is 0. The highest BCUT2D eigenvalue weighted by molar-refractivity contribution is 5.55. The van der Waals surface area contributed by atoms with Crippen LogP contribution in [-0.4, -0.2) is 51.3 Å². The Kier molecular flexibility index (Phi) is 4.58. The van der Waals surface area contributed by atoms with Gasteiger partial charge in [-0.2, -0.15) is 0 Å². The molecule has 6 nitrogen and oxygen atoms in total. The number of tetrazole rings is 1. The Morgan fingerprint density at radius 2 is 1.75 bits per heavy atom. The van der Waals surface area contributed by atoms with E-state index >= 15 is 0 Å². The average molecular weight is 328 g/mol. The Hall–Kier alpha value is -1.95. The lowest BCUT2D eigenvalue weighted by Gasteiger charge is -2.37. The molecule has 0 unspecified atom stereocenters. The van der Waals surface area contributed by atoms with Crippen molar-refractivity contribution in [1.82, 2.24) is 25.1 Å². The van der Waals surface area contributed by atoms with E-state index in [-0.39, 0.29) is 5.54 Å². The number of aromatic nitrogens is 4. The fourth-order valence-electron chi connectivity index (χ4n) is 3.23. The SMILES string of the molecule is Cc1ccc(C)c(N2CCN(Cc3nnnn3C(C)(C)C)CC2)c1. The van der Waals surface area contributed by atoms with E-state index in [1.165, 1.54) is 16.8 Å². The van der Waals surface area contributed by atoms with Crippen molar-refractivity contribution in [3.63, 3.8) is 0 Å². The van der Waals surface area contributed by atoms with Crippen LogP contribution in [0.25, 0.3) is 0 Å². The molecule has 130 valence electrons. The van der Waals surface area contributed by atoms with E-state index in [9.17, 15) is 0 Å². The fourth-order valence-corrected chi connectivity index (χ4v) is 3.23. The van der Waals surface area contributed by atoms with Gasteiger partial charge in [-0.25, -0.2) is 4.68 Å². The Labute approximate surface area is 144 Å². The summed E-state index contributed by atoms with van der Waals surface area (Å²) < 4.78 is 1.93. The van der Waals surface area contributed by atoms with Crippen LogP contribution >= 0.6 is 0 Å². The summed E-state index contributed by atoms with van der Waals surface area (Å²) in [5.41, 5.74) is 3.96. The van der Waals surface area contributed by atoms with Gasteiger partial charge in [0.05, 0.1) is 12.1 Å². The highest BCUT2D eigenvalue weighted by Gasteiger charge is 2.24. The molecule has 0 saturated carbocycles. The molecule has 1 aliphatic rings. The zero-order valence-corrected chi connectivity index (χ0v) is 15.5. The second-order valence-electron chi connectivity index (χ2n) is 7.73. The minimum Gasteiger partial charge on any atom is -0.369 e. The molecule has 24 heavy (non-hydrogen) atoms. The molecule has 1 fully saturated rings. The van der Waals surface area contributed by atoms with Crippen LogP contribution in [0, 0.1) is 13.8 Å². The number of anilines is 1. The summed E-state index contributed by atoms with van der Waals surface area (Å²) in [4.78, 5) is 4.93. The lowest BCUT2D eigenvalue weighted by atomic mass is 10.1. The number of aryl methyl sites for hydroxylation is 2. The van der Waals surface area contributed by atoms with Gasteiger partial charge in [0, 0.05) is 31.9 Å². The lowest BCUT2D eigenvalue weighted by molar-refractivity contribution is 0.228. The van der Waals surface area contributed by atoms with Crippen LogP contribution in [0.2, 0.25) is 0 Å². The van der Waals surface area contributed by atoms with Crippen molar-refractivity contribution in [3.05, 3.63) is 35.2 Å². The normalized spacial score (nSPS) is 16.6. The smallest absolute Gasteiger partial charge is 0.165 e. The Bertz CT molecular complexity index is 692. The third-order valence-electron chi connectivity index (χ3n) is 4.61. The van der Waals surface area contributed by atoms with Crippen LogP contribution in [0.5, 0.6) is 0 Å². The number of nitrogens with zero attached hydrogens (tertiary/aromatic N) is 6. The predicted octanol–water partition coefficient (Wildman–Crippen LogP) is 2.37. The predicted molar refractivity (Wildman–Crippen MR) is 96.2 cm³/mol. The molecule has 2 heterocycles. The van der Waals surface area contributed by atoms with E-state index < -0.39 is 0 Å². The van der Waals surface area contributed by atoms with E-state index in [0.29, 0.717) is 0 Å². The Morgan fingerprint density at radius 1 is 1.04 bits per heavy atom. The maximum absolute atomic E-state index is 4.23. The first-order valence-electron chi connectivity index (χ1n) is 8.67. The second-order valence-corrected chi connectivity index (χ2v) is 7.73. The van der Waals surface area contributed by atoms with Crippen LogP contribution in [0.1, 0.15) is 37.7 Å². The van der Waals surface area contributed by atoms with E-state index in [0.717, 1.165) is 38.5 Å². The van der Waals surface area contributed by atoms with Crippen LogP contribution in [0.4, 0.5) is 5.69 Å². The van der Waals surface area contributed by atoms with Crippen LogP contribution in [0.3, 0.4) is 0 Å². The Balaban J connectivity index is 1.64. The molecule has 0 radical (unpaired) electrons. The first-order valence-corrected chi connectivity index (χ1v) is 8.67. The Morgan fingerprint density at radius 3 is 2.42 bits per heavy atom. The standard InChI is InChI=1S/C18H28N6/c1-14-6-7-15(2)16(12-14)23-10-8-22(9-11-23)13-17-19-20-21-24(17)18(3,4)5/h6-7,12H,8-11,13H2,1-5H3. The zero-order valence-electron chi connectivity index (χ0n) is 15.5. The van der Waals surface area contributed by atoms with Gasteiger partial charge in [-0.3, -0.25) is 4.90 Å². The molecule has 1 saturated heterocycles. The topological polar surface area (TPSA) is 50.1 Å². The summed E-state index contributed by atoms with van der Waals surface area (Å²) >= 11 is 0. The molecule has 1 aromatic carbocycles. The molecule has 6 heteroatoms. The summed E-state index contributed by atoms with van der Waals surface area (Å²) in [5.74, 6) is 0.947. The molecule has 0 N–H and O–H groups in total. The van der Waals surface area contributed by atoms with E-state index in [4.69, 9.17) is 0 Å². The summed E-state index contributed by atoms with van der Waals surface area (Å²) in [7, 11) is 0. The van der Waals surface area contributed by atoms with Crippen molar-refractivity contribution < 1.29 is 0 Å². The van der Waals surface area contributed by atoms with Crippen LogP contribution < -0.4 is 4.90 Å². The van der Waals surface area contributed by atoms with Gasteiger partial charge in [0.2, 0.25) is 0 Å². The van der Waals surface area contributed by atoms with E-state index in [1.54, 1.807) is 0 Å². The molecule has 2 aromatic rings. The van der Waals surface area contributed by atoms with Crippen molar-refractivity contribution in [2.45, 2.75) is 46.7 Å². The monoisotopic (exact) mass is 328 g/mol. The number of benzene rings is 1. The van der Waals surface area contributed by atoms with Crippen molar-refractivity contribution in [2.24, 2.45) is 0 Å². The zero-order chi connectivity index (χ0) is 17.3. The van der Waals surface area contributed by atoms with Gasteiger partial charge >= 0.3 is 0 Å². The third-order valence-corrected chi connectivity index (χ3v) is 4.61. The van der Waals surface area contributed by atoms with Gasteiger partial charge in [0.1, 0.15) is 0 Å². The molecule has 1 aliphatic heterocycles. The van der Waals surface area contributed by atoms with E-state index in [1.807, 2.05) is 4.68 Å². The molecular formula is C18H28N6. The summed E-state index contributed by atoms with van der Waals surface area (Å²) in [6.07, 6.45) is 0. The number of rotatable bonds is 3. The third kappa shape index (κ3) is 3.59. The van der Waals surface area contributed by atoms with Crippen LogP contribution in [-0.2, 0) is 12.1 Å². The number of hydrogen-bond acceptors (Lipinski definition) is 5. The number of piperazine rings is 1. The summed E-state index contributed by atoms with van der Waals surface area (Å²) in [5, 5.41) is 12.2. The molecule has 1 aromatic heterocycles. The minimum absolute atomic E-state index is 0.0840. The average Bonchev–Trinajstić information content (AvgIpc) is 2.99. The highest BCUT2D eigenvalue weighted by Crippen LogP contribution is 2.23. The van der Waals surface area contributed by atoms with Crippen LogP contribution in [0.15, 0.2) is 18.2 Å². The van der Waals surface area contributed by atoms with Crippen molar-refractivity contribution in [3.8, 4) is 0 Å². The molecule has 0 aliphatic carbocycles. The molecular weight excluding hydrogens is 300 g/mol. The fraction of sp³-hybridized carbons (Fsp3) is 0.611. The van der Waals surface area contributed by atoms with E-state index in [2.05, 4.69) is 78.1 Å². The quantitative estimate of drug-likeness (QED) is 0.866. The van der Waals surface area contributed by atoms with Gasteiger partial charge < -0.3 is 4.90 Å². The minimum atomic E-state index is -0.0840. The van der Waals surface area contributed by atoms with Gasteiger partial charge in [0.15, 0.2) is 5.82 Å². The molecule has 0 bridgehead atoms. The lowest BCUT2D eigenvalue weighted by Crippen LogP contribution is -2.46. The molecule has 0 spiro atoms. The van der Waals surface area contributed by atoms with Crippen molar-refractivity contribution >= 4 is 5.69 Å². The maximum Gasteiger partial charge on any atom is 0.165 e.